The molecular formula is C17H20N2O4S. The molecule has 2 rings (SSSR count). The fourth-order valence-corrected chi connectivity index (χ4v) is 2.55. The maximum Gasteiger partial charge on any atom is 0.264 e. The van der Waals surface area contributed by atoms with Crippen LogP contribution in [0.1, 0.15) is 5.56 Å². The summed E-state index contributed by atoms with van der Waals surface area (Å²) in [6.07, 6.45) is 1.08. The first-order chi connectivity index (χ1) is 11.2. The summed E-state index contributed by atoms with van der Waals surface area (Å²) in [5, 5.41) is 0. The predicted octanol–water partition coefficient (Wildman–Crippen LogP) is 2.41. The highest BCUT2D eigenvalue weighted by molar-refractivity contribution is 7.92. The van der Waals surface area contributed by atoms with Gasteiger partial charge in [0.1, 0.15) is 5.75 Å². The zero-order valence-corrected chi connectivity index (χ0v) is 14.6. The molecule has 128 valence electrons. The average molecular weight is 348 g/mol. The lowest BCUT2D eigenvalue weighted by Crippen LogP contribution is -2.31. The molecule has 0 heterocycles. The summed E-state index contributed by atoms with van der Waals surface area (Å²) >= 11 is 0. The normalized spacial score (nSPS) is 11.0. The largest absolute Gasteiger partial charge is 0.484 e. The molecule has 0 radical (unpaired) electrons. The number of hydrogen-bond donors (Lipinski definition) is 1. The van der Waals surface area contributed by atoms with E-state index in [0.29, 0.717) is 17.1 Å². The number of carbonyl (C=O) groups excluding carboxylic acids is 1. The van der Waals surface area contributed by atoms with Gasteiger partial charge in [0.15, 0.2) is 6.61 Å². The number of carbonyl (C=O) groups is 1. The SMILES string of the molecule is Cc1ccc(OCC(=O)N(C)c2ccc(NS(C)(=O)=O)cc2)cc1. The molecule has 0 aliphatic heterocycles. The molecule has 0 aliphatic carbocycles. The second-order valence-corrected chi connectivity index (χ2v) is 7.22. The van der Waals surface area contributed by atoms with Crippen LogP contribution in [0.25, 0.3) is 0 Å². The number of likely N-dealkylation sites (N-methyl/N-ethyl adjacent to an activating group) is 1. The van der Waals surface area contributed by atoms with Gasteiger partial charge in [-0.15, -0.1) is 0 Å². The molecule has 2 aromatic carbocycles. The van der Waals surface area contributed by atoms with Crippen molar-refractivity contribution in [1.82, 2.24) is 0 Å². The molecular weight excluding hydrogens is 328 g/mol. The summed E-state index contributed by atoms with van der Waals surface area (Å²) in [5.74, 6) is 0.425. The van der Waals surface area contributed by atoms with Crippen molar-refractivity contribution >= 4 is 27.3 Å². The topological polar surface area (TPSA) is 75.7 Å². The minimum Gasteiger partial charge on any atom is -0.484 e. The highest BCUT2D eigenvalue weighted by Gasteiger charge is 2.12. The molecule has 0 fully saturated rings. The fraction of sp³-hybridized carbons (Fsp3) is 0.235. The van der Waals surface area contributed by atoms with Gasteiger partial charge in [0.25, 0.3) is 5.91 Å². The summed E-state index contributed by atoms with van der Waals surface area (Å²) in [6.45, 7) is 1.90. The molecule has 0 aromatic heterocycles. The fourth-order valence-electron chi connectivity index (χ4n) is 1.99. The number of rotatable bonds is 6. The minimum atomic E-state index is -3.32. The number of amides is 1. The summed E-state index contributed by atoms with van der Waals surface area (Å²) < 4.78 is 30.2. The van der Waals surface area contributed by atoms with Crippen molar-refractivity contribution in [3.05, 3.63) is 54.1 Å². The van der Waals surface area contributed by atoms with E-state index in [1.807, 2.05) is 31.2 Å². The van der Waals surface area contributed by atoms with Crippen LogP contribution in [0.2, 0.25) is 0 Å². The van der Waals surface area contributed by atoms with E-state index in [-0.39, 0.29) is 12.5 Å². The third kappa shape index (κ3) is 5.27. The quantitative estimate of drug-likeness (QED) is 0.870. The predicted molar refractivity (Wildman–Crippen MR) is 95.0 cm³/mol. The summed E-state index contributed by atoms with van der Waals surface area (Å²) in [7, 11) is -1.68. The smallest absolute Gasteiger partial charge is 0.264 e. The first-order valence-corrected chi connectivity index (χ1v) is 9.17. The lowest BCUT2D eigenvalue weighted by Gasteiger charge is -2.18. The Balaban J connectivity index is 1.96. The number of hydrogen-bond acceptors (Lipinski definition) is 4. The zero-order valence-electron chi connectivity index (χ0n) is 13.8. The number of nitrogens with one attached hydrogen (secondary N) is 1. The average Bonchev–Trinajstić information content (AvgIpc) is 2.52. The van der Waals surface area contributed by atoms with Crippen LogP contribution in [0.3, 0.4) is 0 Å². The molecule has 1 N–H and O–H groups in total. The summed E-state index contributed by atoms with van der Waals surface area (Å²) in [4.78, 5) is 13.6. The zero-order chi connectivity index (χ0) is 17.7. The Hall–Kier alpha value is -2.54. The Labute approximate surface area is 142 Å². The molecule has 0 aliphatic rings. The summed E-state index contributed by atoms with van der Waals surface area (Å²) in [6, 6.07) is 14.0. The number of nitrogens with zero attached hydrogens (tertiary/aromatic N) is 1. The molecule has 6 nitrogen and oxygen atoms in total. The lowest BCUT2D eigenvalue weighted by molar-refractivity contribution is -0.120. The van der Waals surface area contributed by atoms with Crippen molar-refractivity contribution in [2.45, 2.75) is 6.92 Å². The van der Waals surface area contributed by atoms with E-state index in [9.17, 15) is 13.2 Å². The van der Waals surface area contributed by atoms with E-state index < -0.39 is 10.0 Å². The second kappa shape index (κ2) is 7.35. The molecule has 0 saturated heterocycles. The van der Waals surface area contributed by atoms with Gasteiger partial charge < -0.3 is 9.64 Å². The van der Waals surface area contributed by atoms with Crippen LogP contribution >= 0.6 is 0 Å². The van der Waals surface area contributed by atoms with Gasteiger partial charge in [-0.2, -0.15) is 0 Å². The Kier molecular flexibility index (Phi) is 5.46. The maximum absolute atomic E-state index is 12.2. The Morgan fingerprint density at radius 1 is 1.08 bits per heavy atom. The van der Waals surface area contributed by atoms with Crippen LogP contribution in [0.5, 0.6) is 5.75 Å². The highest BCUT2D eigenvalue weighted by Crippen LogP contribution is 2.18. The van der Waals surface area contributed by atoms with Gasteiger partial charge in [0.05, 0.1) is 6.26 Å². The van der Waals surface area contributed by atoms with Gasteiger partial charge in [-0.25, -0.2) is 8.42 Å². The Morgan fingerprint density at radius 2 is 1.67 bits per heavy atom. The van der Waals surface area contributed by atoms with Crippen molar-refractivity contribution in [3.63, 3.8) is 0 Å². The van der Waals surface area contributed by atoms with Gasteiger partial charge in [0.2, 0.25) is 10.0 Å². The van der Waals surface area contributed by atoms with Crippen molar-refractivity contribution < 1.29 is 17.9 Å². The van der Waals surface area contributed by atoms with Crippen molar-refractivity contribution in [1.29, 1.82) is 0 Å². The number of aryl methyl sites for hydroxylation is 1. The number of ether oxygens (including phenoxy) is 1. The van der Waals surface area contributed by atoms with Gasteiger partial charge in [-0.05, 0) is 43.3 Å². The van der Waals surface area contributed by atoms with Crippen molar-refractivity contribution in [3.8, 4) is 5.75 Å². The van der Waals surface area contributed by atoms with Crippen molar-refractivity contribution in [2.24, 2.45) is 0 Å². The van der Waals surface area contributed by atoms with E-state index in [2.05, 4.69) is 4.72 Å². The molecule has 24 heavy (non-hydrogen) atoms. The minimum absolute atomic E-state index is 0.0805. The lowest BCUT2D eigenvalue weighted by atomic mass is 10.2. The Bertz CT molecular complexity index is 799. The van der Waals surface area contributed by atoms with Gasteiger partial charge in [0, 0.05) is 18.4 Å². The first kappa shape index (κ1) is 17.8. The van der Waals surface area contributed by atoms with Gasteiger partial charge >= 0.3 is 0 Å². The van der Waals surface area contributed by atoms with Gasteiger partial charge in [-0.3, -0.25) is 9.52 Å². The van der Waals surface area contributed by atoms with E-state index in [1.54, 1.807) is 31.3 Å². The first-order valence-electron chi connectivity index (χ1n) is 7.28. The van der Waals surface area contributed by atoms with E-state index in [0.717, 1.165) is 11.8 Å². The number of sulfonamides is 1. The van der Waals surface area contributed by atoms with Crippen LogP contribution in [0.15, 0.2) is 48.5 Å². The molecule has 1 amide bonds. The molecule has 0 unspecified atom stereocenters. The number of anilines is 2. The second-order valence-electron chi connectivity index (χ2n) is 5.48. The van der Waals surface area contributed by atoms with E-state index in [1.165, 1.54) is 4.90 Å². The molecule has 0 spiro atoms. The van der Waals surface area contributed by atoms with Crippen LogP contribution < -0.4 is 14.4 Å². The van der Waals surface area contributed by atoms with Gasteiger partial charge in [-0.1, -0.05) is 17.7 Å². The van der Waals surface area contributed by atoms with E-state index in [4.69, 9.17) is 4.74 Å². The Morgan fingerprint density at radius 3 is 2.21 bits per heavy atom. The monoisotopic (exact) mass is 348 g/mol. The van der Waals surface area contributed by atoms with Crippen LogP contribution in [-0.4, -0.2) is 34.2 Å². The molecule has 2 aromatic rings. The number of benzene rings is 2. The highest BCUT2D eigenvalue weighted by atomic mass is 32.2. The third-order valence-corrected chi connectivity index (χ3v) is 3.92. The van der Waals surface area contributed by atoms with Crippen LogP contribution in [0, 0.1) is 6.92 Å². The summed E-state index contributed by atoms with van der Waals surface area (Å²) in [5.41, 5.74) is 2.21. The molecule has 0 saturated carbocycles. The van der Waals surface area contributed by atoms with Crippen molar-refractivity contribution in [2.75, 3.05) is 29.5 Å². The maximum atomic E-state index is 12.2. The molecule has 7 heteroatoms. The standard InChI is InChI=1S/C17H20N2O4S/c1-13-4-10-16(11-5-13)23-12-17(20)19(2)15-8-6-14(7-9-15)18-24(3,21)22/h4-11,18H,12H2,1-3H3. The molecule has 0 atom stereocenters. The molecule has 0 bridgehead atoms. The van der Waals surface area contributed by atoms with Crippen LogP contribution in [-0.2, 0) is 14.8 Å². The van der Waals surface area contributed by atoms with Crippen LogP contribution in [0.4, 0.5) is 11.4 Å². The van der Waals surface area contributed by atoms with E-state index >= 15 is 0 Å². The third-order valence-electron chi connectivity index (χ3n) is 3.32.